The van der Waals surface area contributed by atoms with Crippen LogP contribution < -0.4 is 21.3 Å². The number of aromatic nitrogens is 4. The van der Waals surface area contributed by atoms with E-state index in [0.717, 1.165) is 4.68 Å². The van der Waals surface area contributed by atoms with Crippen LogP contribution in [0.5, 0.6) is 5.75 Å². The summed E-state index contributed by atoms with van der Waals surface area (Å²) >= 11 is 1.24. The molecule has 11 heteroatoms. The van der Waals surface area contributed by atoms with Gasteiger partial charge in [-0.1, -0.05) is 12.1 Å². The molecule has 0 aliphatic heterocycles. The lowest BCUT2D eigenvalue weighted by Crippen LogP contribution is -2.29. The summed E-state index contributed by atoms with van der Waals surface area (Å²) in [4.78, 5) is 38.8. The maximum atomic E-state index is 13.1. The lowest BCUT2D eigenvalue weighted by Gasteiger charge is -2.09. The molecule has 0 atom stereocenters. The first-order valence-corrected chi connectivity index (χ1v) is 10.5. The van der Waals surface area contributed by atoms with Crippen LogP contribution in [0.15, 0.2) is 68.1 Å². The van der Waals surface area contributed by atoms with Gasteiger partial charge in [-0.25, -0.2) is 13.9 Å². The fourth-order valence-corrected chi connectivity index (χ4v) is 4.34. The molecule has 0 radical (unpaired) electrons. The van der Waals surface area contributed by atoms with Gasteiger partial charge in [0.2, 0.25) is 11.7 Å². The van der Waals surface area contributed by atoms with Crippen molar-refractivity contribution < 1.29 is 13.9 Å². The zero-order chi connectivity index (χ0) is 22.2. The van der Waals surface area contributed by atoms with Gasteiger partial charge in [0.1, 0.15) is 22.8 Å². The van der Waals surface area contributed by atoms with Crippen molar-refractivity contribution in [2.24, 2.45) is 0 Å². The molecule has 0 saturated heterocycles. The van der Waals surface area contributed by atoms with Crippen LogP contribution in [0.2, 0.25) is 0 Å². The van der Waals surface area contributed by atoms with Gasteiger partial charge >= 0.3 is 5.69 Å². The third kappa shape index (κ3) is 3.28. The number of hydrogen-bond donors (Lipinski definition) is 1. The van der Waals surface area contributed by atoms with Crippen molar-refractivity contribution in [1.82, 2.24) is 18.7 Å². The molecule has 5 aromatic rings. The SMILES string of the molecule is COc1ccccc1NC(=O)Cn1nc2n(Cc3ccco3)c(=O)c3sccc3n2c1=O. The van der Waals surface area contributed by atoms with Crippen molar-refractivity contribution >= 4 is 38.9 Å². The summed E-state index contributed by atoms with van der Waals surface area (Å²) in [6.45, 7) is -0.230. The van der Waals surface area contributed by atoms with Gasteiger partial charge in [0, 0.05) is 0 Å². The van der Waals surface area contributed by atoms with Gasteiger partial charge in [0.25, 0.3) is 5.56 Å². The minimum Gasteiger partial charge on any atom is -0.495 e. The number of amides is 1. The lowest BCUT2D eigenvalue weighted by atomic mass is 10.3. The number of nitrogens with one attached hydrogen (secondary N) is 1. The minimum atomic E-state index is -0.522. The van der Waals surface area contributed by atoms with Crippen LogP contribution in [-0.4, -0.2) is 31.8 Å². The molecule has 0 fully saturated rings. The normalized spacial score (nSPS) is 11.3. The standard InChI is InChI=1S/C21H17N5O5S/c1-30-16-7-3-2-6-14(16)22-17(27)12-25-21(29)26-15-8-10-32-18(15)19(28)24(20(26)23-25)11-13-5-4-9-31-13/h2-10H,11-12H2,1H3,(H,22,27). The fourth-order valence-electron chi connectivity index (χ4n) is 3.51. The Bertz CT molecular complexity index is 1560. The van der Waals surface area contributed by atoms with E-state index in [9.17, 15) is 14.4 Å². The number of para-hydroxylation sites is 2. The number of ether oxygens (including phenoxy) is 1. The van der Waals surface area contributed by atoms with Gasteiger partial charge in [-0.05, 0) is 35.7 Å². The fraction of sp³-hybridized carbons (Fsp3) is 0.143. The zero-order valence-corrected chi connectivity index (χ0v) is 17.7. The molecule has 0 spiro atoms. The van der Waals surface area contributed by atoms with Crippen LogP contribution in [0.1, 0.15) is 5.76 Å². The van der Waals surface area contributed by atoms with Gasteiger partial charge in [0.15, 0.2) is 0 Å². The van der Waals surface area contributed by atoms with Gasteiger partial charge in [-0.2, -0.15) is 0 Å². The van der Waals surface area contributed by atoms with Crippen LogP contribution in [0.3, 0.4) is 0 Å². The average Bonchev–Trinajstić information content (AvgIpc) is 3.53. The first-order valence-electron chi connectivity index (χ1n) is 9.61. The molecule has 10 nitrogen and oxygen atoms in total. The largest absolute Gasteiger partial charge is 0.495 e. The van der Waals surface area contributed by atoms with Crippen molar-refractivity contribution in [3.63, 3.8) is 0 Å². The van der Waals surface area contributed by atoms with Crippen LogP contribution in [0, 0.1) is 0 Å². The van der Waals surface area contributed by atoms with Gasteiger partial charge in [0.05, 0.1) is 31.1 Å². The Morgan fingerprint density at radius 3 is 2.81 bits per heavy atom. The molecule has 1 aromatic carbocycles. The number of methoxy groups -OCH3 is 1. The van der Waals surface area contributed by atoms with Crippen LogP contribution in [0.25, 0.3) is 16.0 Å². The number of nitrogens with zero attached hydrogens (tertiary/aromatic N) is 4. The summed E-state index contributed by atoms with van der Waals surface area (Å²) in [5.74, 6) is 0.713. The number of fused-ring (bicyclic) bond motifs is 3. The van der Waals surface area contributed by atoms with Crippen LogP contribution in [0.4, 0.5) is 5.69 Å². The first kappa shape index (κ1) is 19.8. The summed E-state index contributed by atoms with van der Waals surface area (Å²) in [7, 11) is 1.50. The Balaban J connectivity index is 1.57. The zero-order valence-electron chi connectivity index (χ0n) is 16.8. The van der Waals surface area contributed by atoms with Crippen molar-refractivity contribution in [1.29, 1.82) is 0 Å². The van der Waals surface area contributed by atoms with E-state index in [-0.39, 0.29) is 24.4 Å². The summed E-state index contributed by atoms with van der Waals surface area (Å²) < 4.78 is 14.8. The molecule has 4 aromatic heterocycles. The Morgan fingerprint density at radius 2 is 2.03 bits per heavy atom. The number of hydrogen-bond acceptors (Lipinski definition) is 7. The highest BCUT2D eigenvalue weighted by molar-refractivity contribution is 7.17. The molecular formula is C21H17N5O5S. The second-order valence-corrected chi connectivity index (χ2v) is 7.85. The molecule has 0 aliphatic carbocycles. The van der Waals surface area contributed by atoms with Crippen LogP contribution >= 0.6 is 11.3 Å². The minimum absolute atomic E-state index is 0.104. The van der Waals surface area contributed by atoms with E-state index in [1.165, 1.54) is 33.7 Å². The van der Waals surface area contributed by atoms with Crippen molar-refractivity contribution in [3.05, 3.63) is 80.7 Å². The number of anilines is 1. The predicted molar refractivity (Wildman–Crippen MR) is 119 cm³/mol. The molecule has 0 saturated carbocycles. The molecule has 0 bridgehead atoms. The number of carbonyl (C=O) groups excluding carboxylic acids is 1. The van der Waals surface area contributed by atoms with E-state index in [2.05, 4.69) is 10.4 Å². The lowest BCUT2D eigenvalue weighted by molar-refractivity contribution is -0.117. The van der Waals surface area contributed by atoms with E-state index in [1.54, 1.807) is 47.8 Å². The Morgan fingerprint density at radius 1 is 1.19 bits per heavy atom. The molecule has 1 amide bonds. The number of furan rings is 1. The molecular weight excluding hydrogens is 434 g/mol. The number of thiophene rings is 1. The van der Waals surface area contributed by atoms with E-state index in [1.807, 2.05) is 0 Å². The highest BCUT2D eigenvalue weighted by atomic mass is 32.1. The second-order valence-electron chi connectivity index (χ2n) is 6.93. The first-order chi connectivity index (χ1) is 15.6. The maximum absolute atomic E-state index is 13.1. The van der Waals surface area contributed by atoms with Crippen molar-refractivity contribution in [2.75, 3.05) is 12.4 Å². The van der Waals surface area contributed by atoms with Gasteiger partial charge in [-0.3, -0.25) is 14.2 Å². The molecule has 162 valence electrons. The summed E-state index contributed by atoms with van der Waals surface area (Å²) in [5.41, 5.74) is 0.125. The van der Waals surface area contributed by atoms with Gasteiger partial charge in [-0.15, -0.1) is 16.4 Å². The van der Waals surface area contributed by atoms with Gasteiger partial charge < -0.3 is 14.5 Å². The monoisotopic (exact) mass is 451 g/mol. The molecule has 4 heterocycles. The topological polar surface area (TPSA) is 113 Å². The van der Waals surface area contributed by atoms with Crippen molar-refractivity contribution in [3.8, 4) is 5.75 Å². The molecule has 0 unspecified atom stereocenters. The molecule has 32 heavy (non-hydrogen) atoms. The van der Waals surface area contributed by atoms with Crippen molar-refractivity contribution in [2.45, 2.75) is 13.1 Å². The predicted octanol–water partition coefficient (Wildman–Crippen LogP) is 2.16. The summed E-state index contributed by atoms with van der Waals surface area (Å²) in [6, 6.07) is 12.1. The summed E-state index contributed by atoms with van der Waals surface area (Å²) in [5, 5.41) is 8.77. The number of benzene rings is 1. The molecule has 5 rings (SSSR count). The highest BCUT2D eigenvalue weighted by Gasteiger charge is 2.20. The number of rotatable bonds is 6. The van der Waals surface area contributed by atoms with Crippen LogP contribution in [-0.2, 0) is 17.9 Å². The number of carbonyl (C=O) groups is 1. The Labute approximate surface area is 183 Å². The maximum Gasteiger partial charge on any atom is 0.352 e. The highest BCUT2D eigenvalue weighted by Crippen LogP contribution is 2.23. The Kier molecular flexibility index (Phi) is 4.86. The molecule has 1 N–H and O–H groups in total. The smallest absolute Gasteiger partial charge is 0.352 e. The molecule has 0 aliphatic rings. The van der Waals surface area contributed by atoms with E-state index in [0.29, 0.717) is 27.4 Å². The van der Waals surface area contributed by atoms with E-state index < -0.39 is 11.6 Å². The Hall–Kier alpha value is -4.12. The third-order valence-electron chi connectivity index (χ3n) is 4.96. The summed E-state index contributed by atoms with van der Waals surface area (Å²) in [6.07, 6.45) is 1.51. The third-order valence-corrected chi connectivity index (χ3v) is 5.85. The second kappa shape index (κ2) is 7.85. The van der Waals surface area contributed by atoms with E-state index >= 15 is 0 Å². The van der Waals surface area contributed by atoms with E-state index in [4.69, 9.17) is 9.15 Å². The average molecular weight is 451 g/mol. The quantitative estimate of drug-likeness (QED) is 0.423.